The molecule has 0 fully saturated rings. The van der Waals surface area contributed by atoms with E-state index in [0.29, 0.717) is 0 Å². The lowest BCUT2D eigenvalue weighted by Gasteiger charge is -2.01. The molecule has 0 rings (SSSR count). The zero-order chi connectivity index (χ0) is 12.6. The van der Waals surface area contributed by atoms with Gasteiger partial charge in [0.15, 0.2) is 6.26 Å². The molecule has 0 bridgehead atoms. The topological polar surface area (TPSA) is 9.23 Å². The molecule has 0 aliphatic heterocycles. The predicted octanol–water partition coefficient (Wildman–Crippen LogP) is 5.65. The minimum atomic E-state index is 1.12. The molecular formula is C16H31O. The highest BCUT2D eigenvalue weighted by molar-refractivity contribution is 4.66. The standard InChI is InChI=1S/C16H31O/c1-3-4-5-6-7-8-9-10-11-12-13-14-15-16-17-2/h15H,3-14H2,1-2H3. The van der Waals surface area contributed by atoms with E-state index < -0.39 is 0 Å². The van der Waals surface area contributed by atoms with E-state index >= 15 is 0 Å². The molecule has 1 radical (unpaired) electrons. The molecule has 0 atom stereocenters. The summed E-state index contributed by atoms with van der Waals surface area (Å²) >= 11 is 0. The summed E-state index contributed by atoms with van der Waals surface area (Å²) in [6.45, 7) is 2.28. The van der Waals surface area contributed by atoms with Gasteiger partial charge in [0.1, 0.15) is 0 Å². The van der Waals surface area contributed by atoms with Crippen molar-refractivity contribution < 1.29 is 4.74 Å². The molecule has 0 spiro atoms. The second-order valence-electron chi connectivity index (χ2n) is 4.85. The summed E-state index contributed by atoms with van der Waals surface area (Å²) in [5.74, 6) is 0. The van der Waals surface area contributed by atoms with Crippen molar-refractivity contribution in [2.24, 2.45) is 0 Å². The van der Waals surface area contributed by atoms with Crippen LogP contribution in [0.1, 0.15) is 84.0 Å². The van der Waals surface area contributed by atoms with Crippen LogP contribution in [-0.4, -0.2) is 7.11 Å². The van der Waals surface area contributed by atoms with Crippen LogP contribution in [0.25, 0.3) is 0 Å². The van der Waals surface area contributed by atoms with Crippen LogP contribution in [0.5, 0.6) is 0 Å². The van der Waals surface area contributed by atoms with Crippen molar-refractivity contribution in [1.29, 1.82) is 0 Å². The lowest BCUT2D eigenvalue weighted by atomic mass is 10.1. The molecule has 0 aromatic rings. The summed E-state index contributed by atoms with van der Waals surface area (Å²) in [6, 6.07) is 0. The first-order valence-electron chi connectivity index (χ1n) is 7.52. The number of methoxy groups -OCH3 is 1. The summed E-state index contributed by atoms with van der Waals surface area (Å²) in [4.78, 5) is 0. The average molecular weight is 239 g/mol. The van der Waals surface area contributed by atoms with E-state index in [1.54, 1.807) is 7.11 Å². The third-order valence-electron chi connectivity index (χ3n) is 3.15. The van der Waals surface area contributed by atoms with Crippen LogP contribution in [0, 0.1) is 6.26 Å². The van der Waals surface area contributed by atoms with E-state index in [2.05, 4.69) is 13.2 Å². The summed E-state index contributed by atoms with van der Waals surface area (Å²) in [5, 5.41) is 0. The number of unbranched alkanes of at least 4 members (excludes halogenated alkanes) is 11. The number of rotatable bonds is 13. The third kappa shape index (κ3) is 15.5. The van der Waals surface area contributed by atoms with Crippen LogP contribution in [0.2, 0.25) is 0 Å². The van der Waals surface area contributed by atoms with Crippen molar-refractivity contribution >= 4 is 0 Å². The molecule has 0 aromatic heterocycles. The summed E-state index contributed by atoms with van der Waals surface area (Å²) in [7, 11) is 1.65. The second kappa shape index (κ2) is 15.5. The SMILES string of the molecule is CCCCCCCCCCCCC/C=[C]\OC. The zero-order valence-corrected chi connectivity index (χ0v) is 12.0. The van der Waals surface area contributed by atoms with Crippen molar-refractivity contribution in [2.75, 3.05) is 7.11 Å². The van der Waals surface area contributed by atoms with Crippen molar-refractivity contribution in [1.82, 2.24) is 0 Å². The van der Waals surface area contributed by atoms with Gasteiger partial charge in [0.05, 0.1) is 7.11 Å². The van der Waals surface area contributed by atoms with Gasteiger partial charge in [-0.25, -0.2) is 0 Å². The van der Waals surface area contributed by atoms with E-state index in [9.17, 15) is 0 Å². The van der Waals surface area contributed by atoms with Crippen LogP contribution in [0.3, 0.4) is 0 Å². The average Bonchev–Trinajstić information content (AvgIpc) is 2.35. The van der Waals surface area contributed by atoms with Crippen LogP contribution in [0.15, 0.2) is 6.08 Å². The van der Waals surface area contributed by atoms with E-state index in [4.69, 9.17) is 4.74 Å². The first kappa shape index (κ1) is 16.5. The van der Waals surface area contributed by atoms with Gasteiger partial charge >= 0.3 is 0 Å². The Bertz CT molecular complexity index is 152. The molecule has 0 aromatic carbocycles. The molecule has 0 saturated carbocycles. The fourth-order valence-corrected chi connectivity index (χ4v) is 2.05. The molecule has 101 valence electrons. The Morgan fingerprint density at radius 1 is 0.765 bits per heavy atom. The predicted molar refractivity (Wildman–Crippen MR) is 75.9 cm³/mol. The smallest absolute Gasteiger partial charge is 0.156 e. The van der Waals surface area contributed by atoms with Gasteiger partial charge in [-0.2, -0.15) is 0 Å². The van der Waals surface area contributed by atoms with Gasteiger partial charge in [0.25, 0.3) is 0 Å². The normalized spacial score (nSPS) is 11.2. The van der Waals surface area contributed by atoms with Crippen LogP contribution >= 0.6 is 0 Å². The number of hydrogen-bond acceptors (Lipinski definition) is 1. The van der Waals surface area contributed by atoms with E-state index in [1.807, 2.05) is 6.08 Å². The lowest BCUT2D eigenvalue weighted by molar-refractivity contribution is 0.311. The Morgan fingerprint density at radius 2 is 1.24 bits per heavy atom. The third-order valence-corrected chi connectivity index (χ3v) is 3.15. The Hall–Kier alpha value is -0.460. The molecule has 1 nitrogen and oxygen atoms in total. The molecule has 0 amide bonds. The van der Waals surface area contributed by atoms with Crippen molar-refractivity contribution in [3.63, 3.8) is 0 Å². The fourth-order valence-electron chi connectivity index (χ4n) is 2.05. The summed E-state index contributed by atoms with van der Waals surface area (Å²) < 4.78 is 4.74. The maximum absolute atomic E-state index is 4.74. The maximum atomic E-state index is 4.74. The number of hydrogen-bond donors (Lipinski definition) is 0. The lowest BCUT2D eigenvalue weighted by Crippen LogP contribution is -1.82. The first-order valence-corrected chi connectivity index (χ1v) is 7.52. The Morgan fingerprint density at radius 3 is 1.71 bits per heavy atom. The van der Waals surface area contributed by atoms with Gasteiger partial charge in [-0.05, 0) is 18.9 Å². The van der Waals surface area contributed by atoms with Gasteiger partial charge in [0, 0.05) is 0 Å². The molecule has 0 saturated heterocycles. The summed E-state index contributed by atoms with van der Waals surface area (Å²) in [6.07, 6.45) is 21.3. The van der Waals surface area contributed by atoms with E-state index in [1.165, 1.54) is 70.6 Å². The minimum Gasteiger partial charge on any atom is -0.493 e. The second-order valence-corrected chi connectivity index (χ2v) is 4.85. The van der Waals surface area contributed by atoms with Crippen molar-refractivity contribution in [3.05, 3.63) is 12.3 Å². The quantitative estimate of drug-likeness (QED) is 0.298. The highest BCUT2D eigenvalue weighted by Gasteiger charge is 1.92. The minimum absolute atomic E-state index is 1.12. The largest absolute Gasteiger partial charge is 0.493 e. The summed E-state index contributed by atoms with van der Waals surface area (Å²) in [5.41, 5.74) is 0. The number of ether oxygens (including phenoxy) is 1. The van der Waals surface area contributed by atoms with Crippen LogP contribution in [0.4, 0.5) is 0 Å². The molecule has 0 aliphatic carbocycles. The van der Waals surface area contributed by atoms with Gasteiger partial charge in [-0.3, -0.25) is 0 Å². The number of allylic oxidation sites excluding steroid dienone is 1. The maximum Gasteiger partial charge on any atom is 0.156 e. The molecular weight excluding hydrogens is 208 g/mol. The zero-order valence-electron chi connectivity index (χ0n) is 12.0. The molecule has 17 heavy (non-hydrogen) atoms. The van der Waals surface area contributed by atoms with E-state index in [-0.39, 0.29) is 0 Å². The molecule has 0 aliphatic rings. The highest BCUT2D eigenvalue weighted by atomic mass is 16.5. The molecule has 1 heteroatoms. The Labute approximate surface area is 109 Å². The van der Waals surface area contributed by atoms with Crippen LogP contribution in [-0.2, 0) is 4.74 Å². The molecule has 0 unspecified atom stereocenters. The molecule has 0 heterocycles. The van der Waals surface area contributed by atoms with Gasteiger partial charge in [-0.15, -0.1) is 0 Å². The van der Waals surface area contributed by atoms with Gasteiger partial charge < -0.3 is 4.74 Å². The molecule has 0 N–H and O–H groups in total. The van der Waals surface area contributed by atoms with Crippen molar-refractivity contribution in [2.45, 2.75) is 84.0 Å². The Kier molecular flexibility index (Phi) is 15.1. The van der Waals surface area contributed by atoms with Gasteiger partial charge in [0.2, 0.25) is 0 Å². The van der Waals surface area contributed by atoms with Crippen LogP contribution < -0.4 is 0 Å². The van der Waals surface area contributed by atoms with Gasteiger partial charge in [-0.1, -0.05) is 71.1 Å². The Balaban J connectivity index is 2.91. The monoisotopic (exact) mass is 239 g/mol. The van der Waals surface area contributed by atoms with E-state index in [0.717, 1.165) is 6.42 Å². The highest BCUT2D eigenvalue weighted by Crippen LogP contribution is 2.11. The van der Waals surface area contributed by atoms with Crippen molar-refractivity contribution in [3.8, 4) is 0 Å². The first-order chi connectivity index (χ1) is 8.41. The fraction of sp³-hybridized carbons (Fsp3) is 0.875.